The van der Waals surface area contributed by atoms with Gasteiger partial charge in [-0.1, -0.05) is 67.2 Å². The standard InChI is InChI=1S/C15H15OP/c1-2-17(16,15-11-7-4-8-12-15)13-14-9-5-3-6-10-14/h2-12H,1,13H2. The van der Waals surface area contributed by atoms with Gasteiger partial charge in [-0.25, -0.2) is 0 Å². The molecule has 2 heteroatoms. The molecule has 0 saturated heterocycles. The summed E-state index contributed by atoms with van der Waals surface area (Å²) in [4.78, 5) is 0. The molecule has 0 radical (unpaired) electrons. The summed E-state index contributed by atoms with van der Waals surface area (Å²) in [5.74, 6) is 1.61. The van der Waals surface area contributed by atoms with Gasteiger partial charge in [-0.2, -0.15) is 0 Å². The topological polar surface area (TPSA) is 17.1 Å². The van der Waals surface area contributed by atoms with E-state index in [0.717, 1.165) is 10.9 Å². The second-order valence-corrected chi connectivity index (χ2v) is 6.75. The van der Waals surface area contributed by atoms with Gasteiger partial charge < -0.3 is 4.57 Å². The van der Waals surface area contributed by atoms with E-state index in [-0.39, 0.29) is 0 Å². The van der Waals surface area contributed by atoms with Crippen LogP contribution in [0.2, 0.25) is 0 Å². The zero-order chi connectivity index (χ0) is 12.1. The Morgan fingerprint density at radius 3 is 2.00 bits per heavy atom. The third-order valence-corrected chi connectivity index (χ3v) is 5.35. The summed E-state index contributed by atoms with van der Waals surface area (Å²) in [6, 6.07) is 19.5. The Morgan fingerprint density at radius 2 is 1.47 bits per heavy atom. The first-order valence-corrected chi connectivity index (χ1v) is 7.52. The van der Waals surface area contributed by atoms with Gasteiger partial charge in [-0.15, -0.1) is 0 Å². The molecule has 1 unspecified atom stereocenters. The van der Waals surface area contributed by atoms with Crippen molar-refractivity contribution >= 4 is 12.4 Å². The van der Waals surface area contributed by atoms with E-state index in [1.54, 1.807) is 5.82 Å². The molecule has 17 heavy (non-hydrogen) atoms. The number of hydrogen-bond donors (Lipinski definition) is 0. The molecule has 1 atom stereocenters. The Labute approximate surface area is 102 Å². The van der Waals surface area contributed by atoms with Crippen molar-refractivity contribution in [3.8, 4) is 0 Å². The lowest BCUT2D eigenvalue weighted by Gasteiger charge is -2.14. The van der Waals surface area contributed by atoms with Crippen LogP contribution in [0.15, 0.2) is 73.1 Å². The Morgan fingerprint density at radius 1 is 0.941 bits per heavy atom. The minimum Gasteiger partial charge on any atom is -0.314 e. The molecule has 0 heterocycles. The van der Waals surface area contributed by atoms with Crippen LogP contribution in [-0.2, 0) is 10.7 Å². The van der Waals surface area contributed by atoms with Gasteiger partial charge in [0, 0.05) is 11.5 Å². The molecule has 0 aromatic heterocycles. The second-order valence-electron chi connectivity index (χ2n) is 3.96. The van der Waals surface area contributed by atoms with E-state index in [9.17, 15) is 4.57 Å². The van der Waals surface area contributed by atoms with Crippen LogP contribution >= 0.6 is 7.14 Å². The number of benzene rings is 2. The van der Waals surface area contributed by atoms with E-state index >= 15 is 0 Å². The molecule has 0 N–H and O–H groups in total. The van der Waals surface area contributed by atoms with Gasteiger partial charge >= 0.3 is 0 Å². The van der Waals surface area contributed by atoms with Crippen molar-refractivity contribution in [1.82, 2.24) is 0 Å². The van der Waals surface area contributed by atoms with E-state index in [0.29, 0.717) is 6.16 Å². The largest absolute Gasteiger partial charge is 0.314 e. The SMILES string of the molecule is C=CP(=O)(Cc1ccccc1)c1ccccc1. The summed E-state index contributed by atoms with van der Waals surface area (Å²) < 4.78 is 12.8. The number of hydrogen-bond acceptors (Lipinski definition) is 1. The van der Waals surface area contributed by atoms with Crippen molar-refractivity contribution in [2.75, 3.05) is 0 Å². The third-order valence-electron chi connectivity index (χ3n) is 2.75. The molecule has 0 fully saturated rings. The van der Waals surface area contributed by atoms with E-state index < -0.39 is 7.14 Å². The molecule has 1 nitrogen and oxygen atoms in total. The Kier molecular flexibility index (Phi) is 3.61. The zero-order valence-corrected chi connectivity index (χ0v) is 10.5. The molecule has 0 amide bonds. The molecule has 0 bridgehead atoms. The molecule has 0 aliphatic rings. The first-order chi connectivity index (χ1) is 8.24. The highest BCUT2D eigenvalue weighted by molar-refractivity contribution is 7.73. The molecule has 0 aliphatic heterocycles. The molecule has 0 spiro atoms. The summed E-state index contributed by atoms with van der Waals surface area (Å²) in [7, 11) is -2.51. The zero-order valence-electron chi connectivity index (χ0n) is 9.62. The quantitative estimate of drug-likeness (QED) is 0.740. The van der Waals surface area contributed by atoms with Gasteiger partial charge in [0.05, 0.1) is 0 Å². The van der Waals surface area contributed by atoms with Crippen molar-refractivity contribution in [2.24, 2.45) is 0 Å². The van der Waals surface area contributed by atoms with E-state index in [4.69, 9.17) is 0 Å². The lowest BCUT2D eigenvalue weighted by molar-refractivity contribution is 0.586. The highest BCUT2D eigenvalue weighted by Crippen LogP contribution is 2.48. The van der Waals surface area contributed by atoms with Crippen molar-refractivity contribution in [3.63, 3.8) is 0 Å². The maximum atomic E-state index is 12.8. The van der Waals surface area contributed by atoms with Crippen molar-refractivity contribution < 1.29 is 4.57 Å². The molecular formula is C15H15OP. The van der Waals surface area contributed by atoms with Gasteiger partial charge in [-0.3, -0.25) is 0 Å². The highest BCUT2D eigenvalue weighted by Gasteiger charge is 2.20. The second kappa shape index (κ2) is 5.16. The van der Waals surface area contributed by atoms with Crippen LogP contribution in [0.5, 0.6) is 0 Å². The Balaban J connectivity index is 2.34. The summed E-state index contributed by atoms with van der Waals surface area (Å²) in [6.45, 7) is 3.74. The van der Waals surface area contributed by atoms with Gasteiger partial charge in [0.1, 0.15) is 7.14 Å². The third kappa shape index (κ3) is 2.75. The Hall–Kier alpha value is -1.59. The molecule has 2 rings (SSSR count). The van der Waals surface area contributed by atoms with Gasteiger partial charge in [0.2, 0.25) is 0 Å². The lowest BCUT2D eigenvalue weighted by Crippen LogP contribution is -2.04. The minimum absolute atomic E-state index is 0.543. The van der Waals surface area contributed by atoms with Gasteiger partial charge in [0.15, 0.2) is 0 Å². The van der Waals surface area contributed by atoms with Crippen molar-refractivity contribution in [3.05, 3.63) is 78.6 Å². The average Bonchev–Trinajstić information content (AvgIpc) is 2.41. The fraction of sp³-hybridized carbons (Fsp3) is 0.0667. The van der Waals surface area contributed by atoms with Crippen molar-refractivity contribution in [1.29, 1.82) is 0 Å². The van der Waals surface area contributed by atoms with Gasteiger partial charge in [-0.05, 0) is 11.4 Å². The van der Waals surface area contributed by atoms with Crippen LogP contribution in [-0.4, -0.2) is 0 Å². The summed E-state index contributed by atoms with van der Waals surface area (Å²) in [5.41, 5.74) is 1.08. The van der Waals surface area contributed by atoms with Crippen LogP contribution < -0.4 is 5.30 Å². The van der Waals surface area contributed by atoms with Crippen LogP contribution in [0, 0.1) is 0 Å². The summed E-state index contributed by atoms with van der Waals surface area (Å²) in [6.07, 6.45) is 0.543. The van der Waals surface area contributed by atoms with Crippen molar-refractivity contribution in [2.45, 2.75) is 6.16 Å². The Bertz CT molecular complexity index is 531. The van der Waals surface area contributed by atoms with Crippen LogP contribution in [0.1, 0.15) is 5.56 Å². The monoisotopic (exact) mass is 242 g/mol. The molecule has 0 saturated carbocycles. The maximum Gasteiger partial charge on any atom is 0.139 e. The molecule has 2 aromatic rings. The predicted octanol–water partition coefficient (Wildman–Crippen LogP) is 4.02. The molecular weight excluding hydrogens is 227 g/mol. The average molecular weight is 242 g/mol. The first-order valence-electron chi connectivity index (χ1n) is 5.56. The number of rotatable bonds is 4. The molecule has 2 aromatic carbocycles. The fourth-order valence-corrected chi connectivity index (χ4v) is 3.75. The highest BCUT2D eigenvalue weighted by atomic mass is 31.2. The smallest absolute Gasteiger partial charge is 0.139 e. The van der Waals surface area contributed by atoms with Gasteiger partial charge in [0.25, 0.3) is 0 Å². The van der Waals surface area contributed by atoms with Crippen LogP contribution in [0.4, 0.5) is 0 Å². The molecule has 0 aliphatic carbocycles. The predicted molar refractivity (Wildman–Crippen MR) is 74.0 cm³/mol. The van der Waals surface area contributed by atoms with Crippen LogP contribution in [0.25, 0.3) is 0 Å². The van der Waals surface area contributed by atoms with Crippen LogP contribution in [0.3, 0.4) is 0 Å². The lowest BCUT2D eigenvalue weighted by atomic mass is 10.2. The normalized spacial score (nSPS) is 13.9. The summed E-state index contributed by atoms with van der Waals surface area (Å²) in [5, 5.41) is 0.874. The minimum atomic E-state index is -2.51. The maximum absolute atomic E-state index is 12.8. The first kappa shape index (κ1) is 11.9. The fourth-order valence-electron chi connectivity index (χ4n) is 1.80. The van der Waals surface area contributed by atoms with E-state index in [2.05, 4.69) is 6.58 Å². The van der Waals surface area contributed by atoms with E-state index in [1.807, 2.05) is 60.7 Å². The van der Waals surface area contributed by atoms with E-state index in [1.165, 1.54) is 0 Å². The summed E-state index contributed by atoms with van der Waals surface area (Å²) >= 11 is 0. The molecule has 86 valence electrons.